The van der Waals surface area contributed by atoms with Gasteiger partial charge in [-0.2, -0.15) is 0 Å². The molecule has 0 aliphatic carbocycles. The van der Waals surface area contributed by atoms with Crippen LogP contribution in [0.3, 0.4) is 0 Å². The second-order valence-electron chi connectivity index (χ2n) is 7.25. The molecule has 0 radical (unpaired) electrons. The number of ether oxygens (including phenoxy) is 2. The quantitative estimate of drug-likeness (QED) is 0.329. The van der Waals surface area contributed by atoms with E-state index in [9.17, 15) is 0 Å². The predicted molar refractivity (Wildman–Crippen MR) is 125 cm³/mol. The maximum atomic E-state index is 6.71. The van der Waals surface area contributed by atoms with E-state index in [0.717, 1.165) is 45.1 Å². The van der Waals surface area contributed by atoms with Crippen LogP contribution in [0.2, 0.25) is 10.2 Å². The van der Waals surface area contributed by atoms with Crippen LogP contribution in [0, 0.1) is 6.92 Å². The third kappa shape index (κ3) is 3.84. The monoisotopic (exact) mass is 455 g/mol. The van der Waals surface area contributed by atoms with Gasteiger partial charge >= 0.3 is 0 Å². The van der Waals surface area contributed by atoms with Crippen molar-refractivity contribution in [2.24, 2.45) is 0 Å². The second kappa shape index (κ2) is 8.77. The van der Waals surface area contributed by atoms with Crippen LogP contribution < -0.4 is 9.47 Å². The van der Waals surface area contributed by atoms with E-state index in [1.807, 2.05) is 54.8 Å². The highest BCUT2D eigenvalue weighted by Gasteiger charge is 2.25. The predicted octanol–water partition coefficient (Wildman–Crippen LogP) is 6.57. The molecule has 1 atom stereocenters. The van der Waals surface area contributed by atoms with Gasteiger partial charge in [0.25, 0.3) is 0 Å². The summed E-state index contributed by atoms with van der Waals surface area (Å²) in [6.45, 7) is 6.58. The zero-order valence-electron chi connectivity index (χ0n) is 17.8. The van der Waals surface area contributed by atoms with Gasteiger partial charge in [0.1, 0.15) is 22.8 Å². The van der Waals surface area contributed by atoms with Gasteiger partial charge in [0, 0.05) is 34.5 Å². The molecule has 31 heavy (non-hydrogen) atoms. The molecule has 0 fully saturated rings. The summed E-state index contributed by atoms with van der Waals surface area (Å²) < 4.78 is 13.5. The van der Waals surface area contributed by atoms with Crippen LogP contribution in [0.5, 0.6) is 11.5 Å². The zero-order valence-corrected chi connectivity index (χ0v) is 19.3. The smallest absolute Gasteiger partial charge is 0.156 e. The Morgan fingerprint density at radius 2 is 1.90 bits per heavy atom. The molecule has 0 saturated carbocycles. The average molecular weight is 456 g/mol. The molecule has 0 bridgehead atoms. The Kier molecular flexibility index (Phi) is 6.08. The van der Waals surface area contributed by atoms with Crippen molar-refractivity contribution < 1.29 is 9.47 Å². The summed E-state index contributed by atoms with van der Waals surface area (Å²) in [5, 5.41) is 1.09. The SMILES string of the molecule is CCOc1c(C(C)c2nc(Cl)c3cnccn23)cc(Cl)c(C)c1-c1ccc(OC)cc1. The Morgan fingerprint density at radius 1 is 1.16 bits per heavy atom. The summed E-state index contributed by atoms with van der Waals surface area (Å²) in [7, 11) is 1.65. The van der Waals surface area contributed by atoms with Gasteiger partial charge in [0.15, 0.2) is 5.15 Å². The lowest BCUT2D eigenvalue weighted by Gasteiger charge is -2.22. The molecule has 0 amide bonds. The van der Waals surface area contributed by atoms with Gasteiger partial charge in [-0.1, -0.05) is 42.3 Å². The molecule has 0 saturated heterocycles. The Balaban J connectivity index is 1.94. The fourth-order valence-electron chi connectivity index (χ4n) is 3.84. The van der Waals surface area contributed by atoms with Crippen molar-refractivity contribution in [3.05, 3.63) is 76.0 Å². The largest absolute Gasteiger partial charge is 0.497 e. The first-order valence-electron chi connectivity index (χ1n) is 10.0. The van der Waals surface area contributed by atoms with Gasteiger partial charge < -0.3 is 9.47 Å². The van der Waals surface area contributed by atoms with Crippen molar-refractivity contribution >= 4 is 28.7 Å². The lowest BCUT2D eigenvalue weighted by Crippen LogP contribution is -2.08. The number of halogens is 2. The van der Waals surface area contributed by atoms with E-state index in [1.165, 1.54) is 0 Å². The Morgan fingerprint density at radius 3 is 2.58 bits per heavy atom. The molecule has 4 rings (SSSR count). The van der Waals surface area contributed by atoms with Crippen LogP contribution in [0.4, 0.5) is 0 Å². The minimum atomic E-state index is -0.126. The highest BCUT2D eigenvalue weighted by Crippen LogP contribution is 2.44. The summed E-state index contributed by atoms with van der Waals surface area (Å²) in [4.78, 5) is 8.78. The number of aromatic nitrogens is 3. The van der Waals surface area contributed by atoms with Crippen molar-refractivity contribution in [2.75, 3.05) is 13.7 Å². The number of imidazole rings is 1. The normalized spacial score (nSPS) is 12.2. The fourth-order valence-corrected chi connectivity index (χ4v) is 4.28. The molecule has 0 aliphatic heterocycles. The molecule has 1 unspecified atom stereocenters. The Bertz CT molecular complexity index is 1240. The number of benzene rings is 2. The van der Waals surface area contributed by atoms with Crippen LogP contribution in [0.1, 0.15) is 36.7 Å². The minimum Gasteiger partial charge on any atom is -0.497 e. The van der Waals surface area contributed by atoms with E-state index in [4.69, 9.17) is 32.7 Å². The zero-order chi connectivity index (χ0) is 22.1. The highest BCUT2D eigenvalue weighted by molar-refractivity contribution is 6.32. The number of hydrogen-bond donors (Lipinski definition) is 0. The molecule has 2 aromatic heterocycles. The molecule has 0 aliphatic rings. The van der Waals surface area contributed by atoms with Gasteiger partial charge in [-0.15, -0.1) is 0 Å². The molecule has 7 heteroatoms. The fraction of sp³-hybridized carbons (Fsp3) is 0.250. The summed E-state index contributed by atoms with van der Waals surface area (Å²) in [5.41, 5.74) is 4.64. The van der Waals surface area contributed by atoms with Crippen LogP contribution >= 0.6 is 23.2 Å². The van der Waals surface area contributed by atoms with Gasteiger partial charge in [0.05, 0.1) is 19.9 Å². The van der Waals surface area contributed by atoms with Gasteiger partial charge in [-0.25, -0.2) is 4.98 Å². The summed E-state index contributed by atoms with van der Waals surface area (Å²) >= 11 is 13.1. The summed E-state index contributed by atoms with van der Waals surface area (Å²) in [5.74, 6) is 2.26. The van der Waals surface area contributed by atoms with Crippen LogP contribution in [0.15, 0.2) is 48.9 Å². The number of hydrogen-bond acceptors (Lipinski definition) is 4. The van der Waals surface area contributed by atoms with E-state index < -0.39 is 0 Å². The molecule has 2 heterocycles. The van der Waals surface area contributed by atoms with Gasteiger partial charge in [-0.3, -0.25) is 9.38 Å². The van der Waals surface area contributed by atoms with Gasteiger partial charge in [-0.05, 0) is 43.2 Å². The topological polar surface area (TPSA) is 48.7 Å². The minimum absolute atomic E-state index is 0.126. The van der Waals surface area contributed by atoms with E-state index in [0.29, 0.717) is 16.8 Å². The van der Waals surface area contributed by atoms with Crippen molar-refractivity contribution in [3.8, 4) is 22.6 Å². The molecule has 4 aromatic rings. The number of rotatable bonds is 6. The Hall–Kier alpha value is -2.76. The van der Waals surface area contributed by atoms with Crippen LogP contribution in [-0.2, 0) is 0 Å². The molecule has 2 aromatic carbocycles. The number of nitrogens with zero attached hydrogens (tertiary/aromatic N) is 3. The van der Waals surface area contributed by atoms with Crippen molar-refractivity contribution in [1.82, 2.24) is 14.4 Å². The van der Waals surface area contributed by atoms with E-state index >= 15 is 0 Å². The average Bonchev–Trinajstić information content (AvgIpc) is 3.13. The maximum Gasteiger partial charge on any atom is 0.156 e. The standard InChI is InChI=1S/C24H23Cl2N3O2/c1-5-31-22-18(14(2)24-28-23(26)20-13-27-10-11-29(20)24)12-19(25)15(3)21(22)16-6-8-17(30-4)9-7-16/h6-14H,5H2,1-4H3. The van der Waals surface area contributed by atoms with E-state index in [-0.39, 0.29) is 5.92 Å². The molecule has 0 spiro atoms. The molecule has 0 N–H and O–H groups in total. The van der Waals surface area contributed by atoms with E-state index in [2.05, 4.69) is 16.9 Å². The summed E-state index contributed by atoms with van der Waals surface area (Å²) in [6, 6.07) is 9.87. The Labute approximate surface area is 191 Å². The third-order valence-electron chi connectivity index (χ3n) is 5.45. The van der Waals surface area contributed by atoms with Crippen molar-refractivity contribution in [1.29, 1.82) is 0 Å². The van der Waals surface area contributed by atoms with Crippen molar-refractivity contribution in [3.63, 3.8) is 0 Å². The highest BCUT2D eigenvalue weighted by atomic mass is 35.5. The van der Waals surface area contributed by atoms with E-state index in [1.54, 1.807) is 19.5 Å². The lowest BCUT2D eigenvalue weighted by molar-refractivity contribution is 0.336. The maximum absolute atomic E-state index is 6.71. The van der Waals surface area contributed by atoms with Crippen molar-refractivity contribution in [2.45, 2.75) is 26.7 Å². The number of methoxy groups -OCH3 is 1. The summed E-state index contributed by atoms with van der Waals surface area (Å²) in [6.07, 6.45) is 5.29. The lowest BCUT2D eigenvalue weighted by atomic mass is 9.90. The molecular formula is C24H23Cl2N3O2. The first-order chi connectivity index (χ1) is 15.0. The molecule has 5 nitrogen and oxygen atoms in total. The first-order valence-corrected chi connectivity index (χ1v) is 10.8. The number of fused-ring (bicyclic) bond motifs is 1. The van der Waals surface area contributed by atoms with Crippen LogP contribution in [0.25, 0.3) is 16.6 Å². The third-order valence-corrected chi connectivity index (χ3v) is 6.13. The van der Waals surface area contributed by atoms with Gasteiger partial charge in [0.2, 0.25) is 0 Å². The molecule has 160 valence electrons. The second-order valence-corrected chi connectivity index (χ2v) is 8.02. The molecular weight excluding hydrogens is 433 g/mol. The van der Waals surface area contributed by atoms with Crippen LogP contribution in [-0.4, -0.2) is 28.1 Å². The first kappa shape index (κ1) is 21.5.